The minimum atomic E-state index is -0.427. The van der Waals surface area contributed by atoms with Crippen molar-refractivity contribution in [2.45, 2.75) is 13.0 Å². The third kappa shape index (κ3) is 4.92. The number of nitrogens with one attached hydrogen (secondary N) is 1. The zero-order chi connectivity index (χ0) is 16.8. The van der Waals surface area contributed by atoms with Crippen LogP contribution in [-0.4, -0.2) is 44.2 Å². The van der Waals surface area contributed by atoms with E-state index in [9.17, 15) is 9.18 Å². The molecule has 3 N–H and O–H groups in total. The van der Waals surface area contributed by atoms with Crippen LogP contribution >= 0.6 is 11.6 Å². The molecule has 1 aliphatic rings. The number of hydrogen-bond donors (Lipinski definition) is 2. The molecule has 1 heterocycles. The number of nitrogens with zero attached hydrogens (tertiary/aromatic N) is 1. The van der Waals surface area contributed by atoms with Gasteiger partial charge < -0.3 is 15.8 Å². The molecule has 1 aromatic carbocycles. The van der Waals surface area contributed by atoms with Gasteiger partial charge in [-0.05, 0) is 24.1 Å². The Morgan fingerprint density at radius 1 is 1.52 bits per heavy atom. The van der Waals surface area contributed by atoms with Gasteiger partial charge in [0.25, 0.3) is 0 Å². The lowest BCUT2D eigenvalue weighted by Crippen LogP contribution is -2.39. The molecule has 0 radical (unpaired) electrons. The third-order valence-corrected chi connectivity index (χ3v) is 4.01. The van der Waals surface area contributed by atoms with E-state index in [1.54, 1.807) is 19.2 Å². The van der Waals surface area contributed by atoms with Gasteiger partial charge in [-0.25, -0.2) is 4.39 Å². The van der Waals surface area contributed by atoms with Gasteiger partial charge >= 0.3 is 0 Å². The van der Waals surface area contributed by atoms with Crippen LogP contribution in [0.2, 0.25) is 5.02 Å². The fourth-order valence-electron chi connectivity index (χ4n) is 2.51. The van der Waals surface area contributed by atoms with E-state index in [0.29, 0.717) is 50.5 Å². The van der Waals surface area contributed by atoms with Gasteiger partial charge in [-0.2, -0.15) is 0 Å². The van der Waals surface area contributed by atoms with Gasteiger partial charge in [0.1, 0.15) is 5.82 Å². The first-order valence-corrected chi connectivity index (χ1v) is 7.80. The topological polar surface area (TPSA) is 67.6 Å². The summed E-state index contributed by atoms with van der Waals surface area (Å²) >= 11 is 5.79. The van der Waals surface area contributed by atoms with E-state index in [2.05, 4.69) is 10.2 Å². The van der Waals surface area contributed by atoms with Gasteiger partial charge in [0.2, 0.25) is 5.91 Å². The molecule has 0 saturated heterocycles. The minimum absolute atomic E-state index is 0.112. The molecule has 23 heavy (non-hydrogen) atoms. The molecule has 0 spiro atoms. The summed E-state index contributed by atoms with van der Waals surface area (Å²) in [6, 6.07) is 4.67. The van der Waals surface area contributed by atoms with E-state index in [1.807, 2.05) is 0 Å². The number of rotatable bonds is 6. The lowest BCUT2D eigenvalue weighted by Gasteiger charge is -2.28. The van der Waals surface area contributed by atoms with Crippen LogP contribution in [0.4, 0.5) is 4.39 Å². The molecular weight excluding hydrogens is 321 g/mol. The van der Waals surface area contributed by atoms with E-state index in [-0.39, 0.29) is 10.9 Å². The lowest BCUT2D eigenvalue weighted by molar-refractivity contribution is -0.118. The molecule has 7 heteroatoms. The summed E-state index contributed by atoms with van der Waals surface area (Å²) in [4.78, 5) is 14.2. The van der Waals surface area contributed by atoms with Crippen molar-refractivity contribution in [2.75, 3.05) is 33.4 Å². The van der Waals surface area contributed by atoms with Crippen molar-refractivity contribution >= 4 is 17.5 Å². The number of methoxy groups -OCH3 is 1. The van der Waals surface area contributed by atoms with Crippen LogP contribution in [0.15, 0.2) is 29.5 Å². The van der Waals surface area contributed by atoms with Crippen molar-refractivity contribution in [1.82, 2.24) is 10.2 Å². The van der Waals surface area contributed by atoms with Gasteiger partial charge in [-0.3, -0.25) is 9.69 Å². The van der Waals surface area contributed by atoms with Crippen LogP contribution in [0, 0.1) is 5.82 Å². The van der Waals surface area contributed by atoms with Crippen LogP contribution in [-0.2, 0) is 16.1 Å². The highest BCUT2D eigenvalue weighted by atomic mass is 35.5. The zero-order valence-corrected chi connectivity index (χ0v) is 13.8. The molecule has 0 unspecified atom stereocenters. The molecular formula is C16H21ClFN3O2. The van der Waals surface area contributed by atoms with Gasteiger partial charge in [-0.15, -0.1) is 0 Å². The summed E-state index contributed by atoms with van der Waals surface area (Å²) in [5, 5.41) is 2.89. The number of benzene rings is 1. The summed E-state index contributed by atoms with van der Waals surface area (Å²) < 4.78 is 18.1. The average molecular weight is 342 g/mol. The van der Waals surface area contributed by atoms with E-state index in [4.69, 9.17) is 22.1 Å². The van der Waals surface area contributed by atoms with Crippen molar-refractivity contribution in [3.63, 3.8) is 0 Å². The number of amides is 1. The predicted molar refractivity (Wildman–Crippen MR) is 87.4 cm³/mol. The molecule has 1 amide bonds. The summed E-state index contributed by atoms with van der Waals surface area (Å²) in [6.07, 6.45) is 0.583. The maximum Gasteiger partial charge on any atom is 0.249 e. The van der Waals surface area contributed by atoms with Crippen LogP contribution in [0.3, 0.4) is 0 Å². The minimum Gasteiger partial charge on any atom is -0.401 e. The van der Waals surface area contributed by atoms with E-state index in [0.717, 1.165) is 5.56 Å². The Morgan fingerprint density at radius 3 is 2.96 bits per heavy atom. The number of hydrogen-bond acceptors (Lipinski definition) is 4. The first kappa shape index (κ1) is 17.7. The Balaban J connectivity index is 1.94. The Kier molecular flexibility index (Phi) is 6.38. The smallest absolute Gasteiger partial charge is 0.249 e. The van der Waals surface area contributed by atoms with Crippen molar-refractivity contribution in [3.05, 3.63) is 45.9 Å². The van der Waals surface area contributed by atoms with Crippen LogP contribution in [0.1, 0.15) is 12.0 Å². The molecule has 2 rings (SSSR count). The molecule has 0 saturated carbocycles. The Morgan fingerprint density at radius 2 is 2.30 bits per heavy atom. The molecule has 0 aliphatic carbocycles. The second kappa shape index (κ2) is 8.29. The molecule has 126 valence electrons. The number of halogens is 2. The van der Waals surface area contributed by atoms with Crippen molar-refractivity contribution in [2.24, 2.45) is 5.73 Å². The highest BCUT2D eigenvalue weighted by Crippen LogP contribution is 2.20. The molecule has 0 aromatic heterocycles. The third-order valence-electron chi connectivity index (χ3n) is 3.72. The monoisotopic (exact) mass is 341 g/mol. The highest BCUT2D eigenvalue weighted by Gasteiger charge is 2.22. The standard InChI is InChI=1S/C16H21ClFN3O2/c1-23-7-5-20-16(22)12-4-6-21(10-15(12)19)9-11-2-3-14(18)13(17)8-11/h2-3,8H,4-7,9-10,19H2,1H3,(H,20,22). The molecule has 1 aliphatic heterocycles. The SMILES string of the molecule is COCCNC(=O)C1=C(N)CN(Cc2ccc(F)c(Cl)c2)CC1. The van der Waals surface area contributed by atoms with Gasteiger partial charge in [0.15, 0.2) is 0 Å². The van der Waals surface area contributed by atoms with Crippen molar-refractivity contribution in [1.29, 1.82) is 0 Å². The molecule has 1 aromatic rings. The fraction of sp³-hybridized carbons (Fsp3) is 0.438. The lowest BCUT2D eigenvalue weighted by atomic mass is 10.0. The maximum atomic E-state index is 13.2. The molecule has 0 atom stereocenters. The first-order valence-electron chi connectivity index (χ1n) is 7.42. The zero-order valence-electron chi connectivity index (χ0n) is 13.1. The van der Waals surface area contributed by atoms with Crippen LogP contribution < -0.4 is 11.1 Å². The second-order valence-corrected chi connectivity index (χ2v) is 5.87. The summed E-state index contributed by atoms with van der Waals surface area (Å²) in [5.41, 5.74) is 8.16. The maximum absolute atomic E-state index is 13.2. The van der Waals surface area contributed by atoms with E-state index >= 15 is 0 Å². The second-order valence-electron chi connectivity index (χ2n) is 5.46. The summed E-state index contributed by atoms with van der Waals surface area (Å²) in [7, 11) is 1.58. The molecule has 0 fully saturated rings. The fourth-order valence-corrected chi connectivity index (χ4v) is 2.71. The Labute approximate surface area is 140 Å². The van der Waals surface area contributed by atoms with Crippen molar-refractivity contribution < 1.29 is 13.9 Å². The van der Waals surface area contributed by atoms with E-state index < -0.39 is 5.82 Å². The van der Waals surface area contributed by atoms with Crippen LogP contribution in [0.25, 0.3) is 0 Å². The first-order chi connectivity index (χ1) is 11.0. The highest BCUT2D eigenvalue weighted by molar-refractivity contribution is 6.30. The average Bonchev–Trinajstić information content (AvgIpc) is 2.51. The summed E-state index contributed by atoms with van der Waals surface area (Å²) in [6.45, 7) is 2.75. The van der Waals surface area contributed by atoms with Crippen molar-refractivity contribution in [3.8, 4) is 0 Å². The number of nitrogens with two attached hydrogens (primary N) is 1. The van der Waals surface area contributed by atoms with Gasteiger partial charge in [0.05, 0.1) is 11.6 Å². The summed E-state index contributed by atoms with van der Waals surface area (Å²) in [5.74, 6) is -0.562. The largest absolute Gasteiger partial charge is 0.401 e. The van der Waals surface area contributed by atoms with Crippen LogP contribution in [0.5, 0.6) is 0 Å². The number of carbonyl (C=O) groups is 1. The Bertz CT molecular complexity index is 607. The number of ether oxygens (including phenoxy) is 1. The van der Waals surface area contributed by atoms with Gasteiger partial charge in [0, 0.05) is 44.6 Å². The quantitative estimate of drug-likeness (QED) is 0.772. The number of carbonyl (C=O) groups excluding carboxylic acids is 1. The Hall–Kier alpha value is -1.63. The normalized spacial score (nSPS) is 15.8. The van der Waals surface area contributed by atoms with E-state index in [1.165, 1.54) is 6.07 Å². The predicted octanol–water partition coefficient (Wildman–Crippen LogP) is 1.66. The van der Waals surface area contributed by atoms with Gasteiger partial charge in [-0.1, -0.05) is 17.7 Å². The molecule has 5 nitrogen and oxygen atoms in total. The molecule has 0 bridgehead atoms.